The molecular formula is C67H80B2N5O8S+. The highest BCUT2D eigenvalue weighted by Gasteiger charge is 2.44. The van der Waals surface area contributed by atoms with Gasteiger partial charge in [-0.25, -0.2) is 0 Å². The van der Waals surface area contributed by atoms with Gasteiger partial charge in [-0.05, 0) is 107 Å². The summed E-state index contributed by atoms with van der Waals surface area (Å²) >= 11 is 0. The molecule has 0 saturated carbocycles. The van der Waals surface area contributed by atoms with Crippen molar-refractivity contribution < 1.29 is 42.4 Å². The quantitative estimate of drug-likeness (QED) is 0.00727. The van der Waals surface area contributed by atoms with Crippen molar-refractivity contribution in [3.05, 3.63) is 232 Å². The number of amides is 1. The maximum atomic E-state index is 12.2. The van der Waals surface area contributed by atoms with Gasteiger partial charge >= 0.3 is 14.2 Å². The Balaban J connectivity index is 1.10. The molecule has 0 unspecified atom stereocenters. The summed E-state index contributed by atoms with van der Waals surface area (Å²) in [4.78, 5) is 19.0. The molecule has 2 heterocycles. The van der Waals surface area contributed by atoms with Crippen molar-refractivity contribution in [2.24, 2.45) is 0 Å². The molecule has 13 nitrogen and oxygen atoms in total. The minimum Gasteiger partial charge on any atom is -0.423 e. The van der Waals surface area contributed by atoms with Gasteiger partial charge in [0.15, 0.2) is 5.71 Å². The molecule has 0 aliphatic carbocycles. The van der Waals surface area contributed by atoms with E-state index in [1.54, 1.807) is 25.1 Å². The summed E-state index contributed by atoms with van der Waals surface area (Å²) in [5, 5.41) is 44.2. The maximum Gasteiger partial charge on any atom is 0.488 e. The van der Waals surface area contributed by atoms with Gasteiger partial charge in [0.05, 0.1) is 11.2 Å². The lowest BCUT2D eigenvalue weighted by Crippen LogP contribution is -2.36. The fraction of sp³-hybridized carbons (Fsp3) is 0.313. The Bertz CT molecular complexity index is 3500. The third kappa shape index (κ3) is 15.6. The predicted molar refractivity (Wildman–Crippen MR) is 338 cm³/mol. The highest BCUT2D eigenvalue weighted by Crippen LogP contribution is 2.48. The van der Waals surface area contributed by atoms with E-state index in [0.29, 0.717) is 75.3 Å². The fourth-order valence-corrected chi connectivity index (χ4v) is 12.2. The standard InChI is InChI=1S/C67H79B2N5O8S/c1-8-40-73-61-25-15-11-21-57(61)66(4,5)63(73)37-35-54(36-38-64-67(6,7)58-22-12-16-26-62(58)74(64)42-18-43-83(80,81)82)53-33-31-52(32-34-53)46-72(48-56-20-10-14-24-60(56)69(78)79)45-51-29-27-50(28-30-51)44-71(41-17-39-70-65(75)49(2)3)47-55-19-9-13-23-59(55)68(76)77/h9-16,19-38,76-79H,2,8,17-18,39-48H2,1,3-7H3,(H-,70,75,80,81,82)/p+1. The Kier molecular flexibility index (Phi) is 20.6. The van der Waals surface area contributed by atoms with Crippen molar-refractivity contribution in [2.75, 3.05) is 36.8 Å². The molecular weight excluding hydrogens is 1060 g/mol. The second kappa shape index (κ2) is 27.6. The molecule has 16 heteroatoms. The normalized spacial score (nSPS) is 15.2. The number of rotatable bonds is 27. The van der Waals surface area contributed by atoms with E-state index in [2.05, 4.69) is 175 Å². The first-order valence-corrected chi connectivity index (χ1v) is 30.4. The van der Waals surface area contributed by atoms with E-state index >= 15 is 0 Å². The number of carbonyl (C=O) groups is 1. The third-order valence-corrected chi connectivity index (χ3v) is 16.8. The molecule has 0 saturated heterocycles. The van der Waals surface area contributed by atoms with Crippen LogP contribution in [-0.4, -0.2) is 105 Å². The van der Waals surface area contributed by atoms with Gasteiger partial charge in [-0.1, -0.05) is 167 Å². The Labute approximate surface area is 492 Å². The number of allylic oxidation sites excluding steroid dienone is 6. The van der Waals surface area contributed by atoms with Crippen molar-refractivity contribution in [2.45, 2.75) is 104 Å². The molecule has 1 amide bonds. The summed E-state index contributed by atoms with van der Waals surface area (Å²) in [6.45, 7) is 21.5. The number of nitrogens with zero attached hydrogens (tertiary/aromatic N) is 4. The number of anilines is 1. The van der Waals surface area contributed by atoms with E-state index in [0.717, 1.165) is 68.9 Å². The molecule has 0 radical (unpaired) electrons. The van der Waals surface area contributed by atoms with Crippen LogP contribution in [0.2, 0.25) is 0 Å². The summed E-state index contributed by atoms with van der Waals surface area (Å²) in [5.74, 6) is -0.520. The first kappa shape index (κ1) is 62.1. The third-order valence-electron chi connectivity index (χ3n) is 16.0. The molecule has 6 aromatic carbocycles. The molecule has 0 fully saturated rings. The van der Waals surface area contributed by atoms with E-state index in [1.807, 2.05) is 42.5 Å². The second-order valence-electron chi connectivity index (χ2n) is 23.0. The van der Waals surface area contributed by atoms with E-state index in [1.165, 1.54) is 17.0 Å². The van der Waals surface area contributed by atoms with Crippen LogP contribution < -0.4 is 21.1 Å². The molecule has 83 heavy (non-hydrogen) atoms. The van der Waals surface area contributed by atoms with Crippen LogP contribution >= 0.6 is 0 Å². The minimum atomic E-state index is -4.15. The average Bonchev–Trinajstić information content (AvgIpc) is 4.00. The lowest BCUT2D eigenvalue weighted by Gasteiger charge is -2.27. The largest absolute Gasteiger partial charge is 0.488 e. The number of benzene rings is 6. The first-order valence-electron chi connectivity index (χ1n) is 28.7. The SMILES string of the molecule is C=C(C)C(=O)NCCCN(Cc1ccc(CN(Cc2ccc(C(C=CC3=[N+](CCC)c4ccccc4C3(C)C)=CC=C3N(CCCS(=O)(=O)O)c4ccccc4C3(C)C)cc2)Cc2ccccc2B(O)O)cc1)Cc1ccccc1B(O)O. The van der Waals surface area contributed by atoms with Gasteiger partial charge in [-0.2, -0.15) is 13.0 Å². The Hall–Kier alpha value is -6.98. The van der Waals surface area contributed by atoms with Crippen molar-refractivity contribution in [3.8, 4) is 0 Å². The van der Waals surface area contributed by atoms with Crippen LogP contribution in [-0.2, 0) is 58.5 Å². The van der Waals surface area contributed by atoms with Gasteiger partial charge in [-0.3, -0.25) is 19.1 Å². The first-order chi connectivity index (χ1) is 39.6. The second-order valence-corrected chi connectivity index (χ2v) is 24.6. The molecule has 6 aromatic rings. The van der Waals surface area contributed by atoms with Crippen LogP contribution in [0, 0.1) is 0 Å². The molecule has 0 spiro atoms. The summed E-state index contributed by atoms with van der Waals surface area (Å²) < 4.78 is 35.9. The van der Waals surface area contributed by atoms with Crippen molar-refractivity contribution in [3.63, 3.8) is 0 Å². The van der Waals surface area contributed by atoms with E-state index in [-0.39, 0.29) is 23.5 Å². The summed E-state index contributed by atoms with van der Waals surface area (Å²) in [6, 6.07) is 48.7. The molecule has 432 valence electrons. The van der Waals surface area contributed by atoms with Gasteiger partial charge < -0.3 is 30.3 Å². The lowest BCUT2D eigenvalue weighted by atomic mass is 9.77. The molecule has 2 aliphatic heterocycles. The smallest absolute Gasteiger partial charge is 0.423 e. The van der Waals surface area contributed by atoms with Gasteiger partial charge in [0, 0.05) is 98.9 Å². The number of hydrogen-bond acceptors (Lipinski definition) is 10. The monoisotopic (exact) mass is 1140 g/mol. The van der Waals surface area contributed by atoms with Gasteiger partial charge in [-0.15, -0.1) is 0 Å². The summed E-state index contributed by atoms with van der Waals surface area (Å²) in [6.07, 6.45) is 10.7. The van der Waals surface area contributed by atoms with Crippen LogP contribution in [0.4, 0.5) is 11.4 Å². The lowest BCUT2D eigenvalue weighted by molar-refractivity contribution is -0.437. The molecule has 8 rings (SSSR count). The Morgan fingerprint density at radius 2 is 1.22 bits per heavy atom. The zero-order valence-electron chi connectivity index (χ0n) is 48.9. The van der Waals surface area contributed by atoms with Crippen molar-refractivity contribution >= 4 is 63.8 Å². The number of carbonyl (C=O) groups excluding carboxylic acids is 1. The number of nitrogens with one attached hydrogen (secondary N) is 1. The van der Waals surface area contributed by atoms with Crippen molar-refractivity contribution in [1.29, 1.82) is 0 Å². The highest BCUT2D eigenvalue weighted by molar-refractivity contribution is 7.85. The van der Waals surface area contributed by atoms with E-state index in [9.17, 15) is 37.9 Å². The molecule has 0 bridgehead atoms. The van der Waals surface area contributed by atoms with Crippen molar-refractivity contribution in [1.82, 2.24) is 15.1 Å². The summed E-state index contributed by atoms with van der Waals surface area (Å²) in [5.41, 5.74) is 14.3. The number of para-hydroxylation sites is 2. The molecule has 2 aliphatic rings. The van der Waals surface area contributed by atoms with Crippen LogP contribution in [0.3, 0.4) is 0 Å². The minimum absolute atomic E-state index is 0.185. The van der Waals surface area contributed by atoms with Crippen LogP contribution in [0.1, 0.15) is 105 Å². The summed E-state index contributed by atoms with van der Waals surface area (Å²) in [7, 11) is -7.39. The topological polar surface area (TPSA) is 177 Å². The zero-order chi connectivity index (χ0) is 59.5. The van der Waals surface area contributed by atoms with Gasteiger partial charge in [0.25, 0.3) is 10.1 Å². The Morgan fingerprint density at radius 1 is 0.687 bits per heavy atom. The Morgan fingerprint density at radius 3 is 1.80 bits per heavy atom. The van der Waals surface area contributed by atoms with E-state index < -0.39 is 29.8 Å². The average molecular weight is 1140 g/mol. The van der Waals surface area contributed by atoms with Gasteiger partial charge in [0.1, 0.15) is 6.54 Å². The van der Waals surface area contributed by atoms with Crippen LogP contribution in [0.25, 0.3) is 5.57 Å². The van der Waals surface area contributed by atoms with Crippen LogP contribution in [0.5, 0.6) is 0 Å². The fourth-order valence-electron chi connectivity index (χ4n) is 11.7. The number of hydrogen-bond donors (Lipinski definition) is 6. The molecule has 0 atom stereocenters. The van der Waals surface area contributed by atoms with Crippen LogP contribution in [0.15, 0.2) is 188 Å². The number of fused-ring (bicyclic) bond motifs is 2. The predicted octanol–water partition coefficient (Wildman–Crippen LogP) is 8.72. The maximum absolute atomic E-state index is 12.2. The van der Waals surface area contributed by atoms with Gasteiger partial charge in [0.2, 0.25) is 11.6 Å². The zero-order valence-corrected chi connectivity index (χ0v) is 49.7. The highest BCUT2D eigenvalue weighted by atomic mass is 32.2. The molecule has 0 aromatic heterocycles. The molecule has 6 N–H and O–H groups in total. The van der Waals surface area contributed by atoms with E-state index in [4.69, 9.17) is 0 Å².